The first-order valence-corrected chi connectivity index (χ1v) is 10.6. The lowest BCUT2D eigenvalue weighted by atomic mass is 9.36. The number of rotatable bonds is 0. The van der Waals surface area contributed by atoms with E-state index in [1.807, 2.05) is 0 Å². The second-order valence-corrected chi connectivity index (χ2v) is 11.4. The molecule has 1 N–H and O–H groups in total. The second-order valence-electron chi connectivity index (χ2n) is 11.4. The Morgan fingerprint density at radius 3 is 2.38 bits per heavy atom. The Morgan fingerprint density at radius 2 is 1.65 bits per heavy atom. The Kier molecular flexibility index (Phi) is 3.15. The van der Waals surface area contributed by atoms with E-state index in [0.29, 0.717) is 18.4 Å². The van der Waals surface area contributed by atoms with E-state index in [4.69, 9.17) is 9.47 Å². The van der Waals surface area contributed by atoms with Gasteiger partial charge in [-0.25, -0.2) is 4.79 Å². The summed E-state index contributed by atoms with van der Waals surface area (Å²) in [6.45, 7) is 12.2. The van der Waals surface area contributed by atoms with E-state index in [0.717, 1.165) is 32.1 Å². The van der Waals surface area contributed by atoms with E-state index < -0.39 is 0 Å². The first-order valence-electron chi connectivity index (χ1n) is 10.6. The number of aliphatic hydroxyl groups is 1. The van der Waals surface area contributed by atoms with Crippen molar-refractivity contribution < 1.29 is 19.4 Å². The lowest BCUT2D eigenvalue weighted by molar-refractivity contribution is -0.226. The van der Waals surface area contributed by atoms with Crippen LogP contribution in [0.2, 0.25) is 0 Å². The van der Waals surface area contributed by atoms with Gasteiger partial charge in [-0.2, -0.15) is 0 Å². The highest BCUT2D eigenvalue weighted by atomic mass is 16.7. The largest absolute Gasteiger partial charge is 0.463 e. The summed E-state index contributed by atoms with van der Waals surface area (Å²) in [7, 11) is 0. The third-order valence-electron chi connectivity index (χ3n) is 10.1. The molecular weight excluding hydrogens is 328 g/mol. The van der Waals surface area contributed by atoms with Crippen LogP contribution in [-0.4, -0.2) is 35.5 Å². The summed E-state index contributed by atoms with van der Waals surface area (Å²) in [5.74, 6) is 0.936. The molecule has 1 spiro atoms. The summed E-state index contributed by atoms with van der Waals surface area (Å²) >= 11 is 0. The molecule has 146 valence electrons. The highest BCUT2D eigenvalue weighted by Crippen LogP contribution is 2.77. The van der Waals surface area contributed by atoms with Gasteiger partial charge < -0.3 is 14.6 Å². The maximum Gasteiger partial charge on any atom is 0.338 e. The molecule has 2 heterocycles. The normalized spacial score (nSPS) is 60.0. The van der Waals surface area contributed by atoms with Gasteiger partial charge in [0.15, 0.2) is 6.10 Å². The quantitative estimate of drug-likeness (QED) is 0.527. The highest BCUT2D eigenvalue weighted by molar-refractivity contribution is 5.81. The molecule has 5 fully saturated rings. The van der Waals surface area contributed by atoms with Crippen LogP contribution in [0.5, 0.6) is 0 Å². The molecule has 0 radical (unpaired) electrons. The van der Waals surface area contributed by atoms with E-state index in [1.54, 1.807) is 0 Å². The standard InChI is InChI=1S/C22H34O4/c1-18(2)13-7-11-21(5)14(20(13,4)10-8-15(18)23)6-9-19(3)12-25-17(24)16-22(19,21)26-16/h13-16,23H,6-12H2,1-5H3/t13?,14?,15-,16+,19-,20-,21+,22+/m0/s1. The fourth-order valence-corrected chi connectivity index (χ4v) is 8.72. The van der Waals surface area contributed by atoms with Crippen LogP contribution in [0, 0.1) is 33.5 Å². The maximum atomic E-state index is 12.4. The van der Waals surface area contributed by atoms with Crippen molar-refractivity contribution in [2.45, 2.75) is 91.0 Å². The summed E-state index contributed by atoms with van der Waals surface area (Å²) in [4.78, 5) is 12.4. The Bertz CT molecular complexity index is 673. The summed E-state index contributed by atoms with van der Waals surface area (Å²) in [6, 6.07) is 0. The van der Waals surface area contributed by atoms with Crippen molar-refractivity contribution >= 4 is 5.97 Å². The SMILES string of the molecule is CC1(C)C2CC[C@]3(C)C(CC[C@@]4(C)COC(=O)[C@H]5O[C@]543)[C@@]2(C)CC[C@@H]1O. The number of carbonyl (C=O) groups is 1. The molecule has 2 unspecified atom stereocenters. The Balaban J connectivity index is 1.59. The molecule has 3 saturated carbocycles. The third kappa shape index (κ3) is 1.65. The summed E-state index contributed by atoms with van der Waals surface area (Å²) in [5, 5.41) is 10.7. The van der Waals surface area contributed by atoms with E-state index in [9.17, 15) is 9.90 Å². The number of carbonyl (C=O) groups excluding carboxylic acids is 1. The fourth-order valence-electron chi connectivity index (χ4n) is 8.72. The first-order chi connectivity index (χ1) is 12.0. The van der Waals surface area contributed by atoms with Crippen molar-refractivity contribution in [2.24, 2.45) is 33.5 Å². The molecule has 8 atom stereocenters. The van der Waals surface area contributed by atoms with Crippen molar-refractivity contribution in [3.63, 3.8) is 0 Å². The van der Waals surface area contributed by atoms with Gasteiger partial charge in [-0.15, -0.1) is 0 Å². The van der Waals surface area contributed by atoms with Gasteiger partial charge in [0.05, 0.1) is 12.7 Å². The number of ether oxygens (including phenoxy) is 2. The van der Waals surface area contributed by atoms with E-state index in [2.05, 4.69) is 34.6 Å². The molecule has 2 aliphatic heterocycles. The van der Waals surface area contributed by atoms with Gasteiger partial charge in [0, 0.05) is 10.8 Å². The highest BCUT2D eigenvalue weighted by Gasteiger charge is 2.84. The van der Waals surface area contributed by atoms with Crippen LogP contribution in [0.15, 0.2) is 0 Å². The monoisotopic (exact) mass is 362 g/mol. The topological polar surface area (TPSA) is 59.1 Å². The van der Waals surface area contributed by atoms with Gasteiger partial charge in [0.2, 0.25) is 0 Å². The lowest BCUT2D eigenvalue weighted by Crippen LogP contribution is -2.68. The van der Waals surface area contributed by atoms with Crippen LogP contribution in [0.1, 0.15) is 73.1 Å². The molecule has 0 aromatic carbocycles. The maximum absolute atomic E-state index is 12.4. The number of epoxide rings is 1. The zero-order valence-corrected chi connectivity index (χ0v) is 16.9. The zero-order valence-electron chi connectivity index (χ0n) is 16.9. The molecule has 0 aromatic rings. The van der Waals surface area contributed by atoms with Crippen molar-refractivity contribution in [1.82, 2.24) is 0 Å². The van der Waals surface area contributed by atoms with E-state index in [-0.39, 0.29) is 45.4 Å². The van der Waals surface area contributed by atoms with Gasteiger partial charge in [0.1, 0.15) is 5.60 Å². The summed E-state index contributed by atoms with van der Waals surface area (Å²) in [5.41, 5.74) is -0.185. The molecule has 0 bridgehead atoms. The van der Waals surface area contributed by atoms with Gasteiger partial charge >= 0.3 is 5.97 Å². The Morgan fingerprint density at radius 1 is 0.962 bits per heavy atom. The number of esters is 1. The average molecular weight is 363 g/mol. The van der Waals surface area contributed by atoms with Gasteiger partial charge in [0.25, 0.3) is 0 Å². The van der Waals surface area contributed by atoms with Crippen LogP contribution in [0.25, 0.3) is 0 Å². The van der Waals surface area contributed by atoms with E-state index >= 15 is 0 Å². The molecule has 3 aliphatic carbocycles. The fraction of sp³-hybridized carbons (Fsp3) is 0.955. The van der Waals surface area contributed by atoms with Crippen molar-refractivity contribution in [3.8, 4) is 0 Å². The minimum atomic E-state index is -0.351. The number of hydrogen-bond acceptors (Lipinski definition) is 4. The average Bonchev–Trinajstić information content (AvgIpc) is 3.33. The smallest absolute Gasteiger partial charge is 0.338 e. The summed E-state index contributed by atoms with van der Waals surface area (Å²) < 4.78 is 11.8. The lowest BCUT2D eigenvalue weighted by Gasteiger charge is -2.68. The molecule has 4 heteroatoms. The van der Waals surface area contributed by atoms with Crippen molar-refractivity contribution in [1.29, 1.82) is 0 Å². The minimum absolute atomic E-state index is 0.0216. The van der Waals surface area contributed by atoms with Gasteiger partial charge in [-0.3, -0.25) is 0 Å². The molecule has 5 rings (SSSR count). The molecular formula is C22H34O4. The molecule has 26 heavy (non-hydrogen) atoms. The molecule has 5 aliphatic rings. The molecule has 0 aromatic heterocycles. The number of fused-ring (bicyclic) bond motifs is 3. The molecule has 4 nitrogen and oxygen atoms in total. The van der Waals surface area contributed by atoms with Crippen molar-refractivity contribution in [2.75, 3.05) is 6.61 Å². The molecule has 0 amide bonds. The second kappa shape index (κ2) is 4.68. The number of hydrogen-bond donors (Lipinski definition) is 1. The van der Waals surface area contributed by atoms with Crippen LogP contribution in [0.4, 0.5) is 0 Å². The minimum Gasteiger partial charge on any atom is -0.463 e. The summed E-state index contributed by atoms with van der Waals surface area (Å²) in [6.07, 6.45) is 5.89. The van der Waals surface area contributed by atoms with Crippen LogP contribution in [-0.2, 0) is 14.3 Å². The number of aliphatic hydroxyl groups excluding tert-OH is 1. The Hall–Kier alpha value is -0.610. The molecule has 2 saturated heterocycles. The number of cyclic esters (lactones) is 1. The predicted octanol–water partition coefficient (Wildman–Crippen LogP) is 3.70. The van der Waals surface area contributed by atoms with Gasteiger partial charge in [-0.05, 0) is 61.2 Å². The third-order valence-corrected chi connectivity index (χ3v) is 10.1. The van der Waals surface area contributed by atoms with E-state index in [1.165, 1.54) is 6.42 Å². The van der Waals surface area contributed by atoms with Crippen molar-refractivity contribution in [3.05, 3.63) is 0 Å². The van der Waals surface area contributed by atoms with Crippen LogP contribution < -0.4 is 0 Å². The first kappa shape index (κ1) is 17.5. The van der Waals surface area contributed by atoms with Crippen LogP contribution >= 0.6 is 0 Å². The predicted molar refractivity (Wildman–Crippen MR) is 97.4 cm³/mol. The Labute approximate surface area is 157 Å². The van der Waals surface area contributed by atoms with Crippen LogP contribution in [0.3, 0.4) is 0 Å². The van der Waals surface area contributed by atoms with Gasteiger partial charge in [-0.1, -0.05) is 34.6 Å². The zero-order chi connectivity index (χ0) is 18.8.